The Morgan fingerprint density at radius 3 is 1.74 bits per heavy atom. The van der Waals surface area contributed by atoms with Gasteiger partial charge in [-0.25, -0.2) is 0 Å². The Hall–Kier alpha value is -3.55. The van der Waals surface area contributed by atoms with Crippen molar-refractivity contribution in [2.24, 2.45) is 0 Å². The third kappa shape index (κ3) is 7.47. The number of rotatable bonds is 14. The molecular formula is C28H32O7. The second kappa shape index (κ2) is 14.0. The van der Waals surface area contributed by atoms with Crippen LogP contribution < -0.4 is 14.2 Å². The molecule has 0 unspecified atom stereocenters. The Morgan fingerprint density at radius 1 is 0.686 bits per heavy atom. The summed E-state index contributed by atoms with van der Waals surface area (Å²) in [7, 11) is 4.74. The molecular weight excluding hydrogens is 448 g/mol. The molecule has 0 atom stereocenters. The molecule has 0 heterocycles. The minimum absolute atomic E-state index is 0.0108. The van der Waals surface area contributed by atoms with Crippen LogP contribution >= 0.6 is 0 Å². The predicted octanol–water partition coefficient (Wildman–Crippen LogP) is 4.62. The molecule has 7 heteroatoms. The number of hydrogen-bond acceptors (Lipinski definition) is 7. The van der Waals surface area contributed by atoms with Crippen LogP contribution in [-0.2, 0) is 25.4 Å². The van der Waals surface area contributed by atoms with Crippen LogP contribution in [0.4, 0.5) is 0 Å². The highest BCUT2D eigenvalue weighted by atomic mass is 16.6. The first-order valence-electron chi connectivity index (χ1n) is 11.4. The average molecular weight is 481 g/mol. The van der Waals surface area contributed by atoms with Crippen molar-refractivity contribution in [3.05, 3.63) is 89.5 Å². The SMILES string of the molecule is COCCOc1c(CC(=O)OC(c2ccccc2)c2ccccc2)ccc(OC)c1OCCOC. The zero-order valence-electron chi connectivity index (χ0n) is 20.4. The van der Waals surface area contributed by atoms with Crippen LogP contribution in [-0.4, -0.2) is 53.7 Å². The number of methoxy groups -OCH3 is 3. The van der Waals surface area contributed by atoms with Crippen molar-refractivity contribution in [1.29, 1.82) is 0 Å². The normalized spacial score (nSPS) is 10.7. The van der Waals surface area contributed by atoms with E-state index < -0.39 is 12.1 Å². The second-order valence-electron chi connectivity index (χ2n) is 7.64. The van der Waals surface area contributed by atoms with Crippen molar-refractivity contribution in [3.8, 4) is 17.2 Å². The van der Waals surface area contributed by atoms with Gasteiger partial charge in [0.1, 0.15) is 13.2 Å². The van der Waals surface area contributed by atoms with E-state index in [0.717, 1.165) is 11.1 Å². The van der Waals surface area contributed by atoms with Gasteiger partial charge < -0.3 is 28.4 Å². The maximum atomic E-state index is 13.2. The fraction of sp³-hybridized carbons (Fsp3) is 0.321. The van der Waals surface area contributed by atoms with Crippen LogP contribution in [0.1, 0.15) is 22.8 Å². The first kappa shape index (κ1) is 26.1. The monoisotopic (exact) mass is 480 g/mol. The Balaban J connectivity index is 1.87. The molecule has 7 nitrogen and oxygen atoms in total. The van der Waals surface area contributed by atoms with Crippen molar-refractivity contribution >= 4 is 5.97 Å². The van der Waals surface area contributed by atoms with Crippen molar-refractivity contribution < 1.29 is 33.2 Å². The van der Waals surface area contributed by atoms with Gasteiger partial charge >= 0.3 is 5.97 Å². The summed E-state index contributed by atoms with van der Waals surface area (Å²) in [4.78, 5) is 13.2. The first-order valence-corrected chi connectivity index (χ1v) is 11.4. The first-order chi connectivity index (χ1) is 17.2. The van der Waals surface area contributed by atoms with E-state index in [0.29, 0.717) is 42.6 Å². The molecule has 0 aliphatic heterocycles. The summed E-state index contributed by atoms with van der Waals surface area (Å²) in [6, 6.07) is 22.9. The number of benzene rings is 3. The van der Waals surface area contributed by atoms with Crippen LogP contribution in [0.15, 0.2) is 72.8 Å². The maximum absolute atomic E-state index is 13.2. The Morgan fingerprint density at radius 2 is 1.23 bits per heavy atom. The number of esters is 1. The van der Waals surface area contributed by atoms with Crippen LogP contribution in [0.2, 0.25) is 0 Å². The minimum Gasteiger partial charge on any atom is -0.493 e. The zero-order chi connectivity index (χ0) is 24.9. The molecule has 0 bridgehead atoms. The highest BCUT2D eigenvalue weighted by Crippen LogP contribution is 2.41. The van der Waals surface area contributed by atoms with Crippen molar-refractivity contribution in [2.45, 2.75) is 12.5 Å². The van der Waals surface area contributed by atoms with Crippen LogP contribution in [0.25, 0.3) is 0 Å². The van der Waals surface area contributed by atoms with Gasteiger partial charge in [0.2, 0.25) is 5.75 Å². The molecule has 0 N–H and O–H groups in total. The van der Waals surface area contributed by atoms with E-state index in [4.69, 9.17) is 28.4 Å². The predicted molar refractivity (Wildman–Crippen MR) is 132 cm³/mol. The Bertz CT molecular complexity index is 998. The second-order valence-corrected chi connectivity index (χ2v) is 7.64. The van der Waals surface area contributed by atoms with Crippen LogP contribution in [0.5, 0.6) is 17.2 Å². The molecule has 35 heavy (non-hydrogen) atoms. The average Bonchev–Trinajstić information content (AvgIpc) is 2.90. The molecule has 0 spiro atoms. The molecule has 3 aromatic carbocycles. The highest BCUT2D eigenvalue weighted by molar-refractivity contribution is 5.75. The lowest BCUT2D eigenvalue weighted by Crippen LogP contribution is -2.16. The molecule has 0 fully saturated rings. The Kier molecular flexibility index (Phi) is 10.4. The van der Waals surface area contributed by atoms with Gasteiger partial charge in [0.05, 0.1) is 26.7 Å². The van der Waals surface area contributed by atoms with E-state index in [9.17, 15) is 4.79 Å². The summed E-state index contributed by atoms with van der Waals surface area (Å²) >= 11 is 0. The molecule has 0 aliphatic carbocycles. The summed E-state index contributed by atoms with van der Waals surface area (Å²) in [6.07, 6.45) is -0.540. The molecule has 0 radical (unpaired) electrons. The van der Waals surface area contributed by atoms with Gasteiger partial charge in [-0.15, -0.1) is 0 Å². The fourth-order valence-electron chi connectivity index (χ4n) is 3.55. The van der Waals surface area contributed by atoms with Gasteiger partial charge in [0.25, 0.3) is 0 Å². The lowest BCUT2D eigenvalue weighted by Gasteiger charge is -2.21. The highest BCUT2D eigenvalue weighted by Gasteiger charge is 2.23. The van der Waals surface area contributed by atoms with Gasteiger partial charge in [0.15, 0.2) is 17.6 Å². The van der Waals surface area contributed by atoms with E-state index in [1.54, 1.807) is 33.5 Å². The van der Waals surface area contributed by atoms with Gasteiger partial charge in [0, 0.05) is 19.8 Å². The van der Waals surface area contributed by atoms with Crippen LogP contribution in [0, 0.1) is 0 Å². The summed E-state index contributed by atoms with van der Waals surface area (Å²) in [5.74, 6) is 0.934. The molecule has 0 saturated heterocycles. The van der Waals surface area contributed by atoms with E-state index in [2.05, 4.69) is 0 Å². The molecule has 0 saturated carbocycles. The molecule has 0 amide bonds. The molecule has 3 aromatic rings. The van der Waals surface area contributed by atoms with Crippen molar-refractivity contribution in [2.75, 3.05) is 47.8 Å². The lowest BCUT2D eigenvalue weighted by atomic mass is 10.0. The van der Waals surface area contributed by atoms with E-state index in [1.807, 2.05) is 60.7 Å². The topological polar surface area (TPSA) is 72.5 Å². The number of ether oxygens (including phenoxy) is 6. The quantitative estimate of drug-likeness (QED) is 0.246. The Labute approximate surface area is 206 Å². The van der Waals surface area contributed by atoms with Crippen molar-refractivity contribution in [3.63, 3.8) is 0 Å². The smallest absolute Gasteiger partial charge is 0.311 e. The van der Waals surface area contributed by atoms with Crippen LogP contribution in [0.3, 0.4) is 0 Å². The fourth-order valence-corrected chi connectivity index (χ4v) is 3.55. The summed E-state index contributed by atoms with van der Waals surface area (Å²) in [5.41, 5.74) is 2.41. The maximum Gasteiger partial charge on any atom is 0.311 e. The number of carbonyl (C=O) groups is 1. The van der Waals surface area contributed by atoms with E-state index in [1.165, 1.54) is 0 Å². The molecule has 0 aliphatic rings. The third-order valence-corrected chi connectivity index (χ3v) is 5.23. The lowest BCUT2D eigenvalue weighted by molar-refractivity contribution is -0.146. The minimum atomic E-state index is -0.529. The van der Waals surface area contributed by atoms with Gasteiger partial charge in [-0.2, -0.15) is 0 Å². The largest absolute Gasteiger partial charge is 0.493 e. The number of hydrogen-bond donors (Lipinski definition) is 0. The van der Waals surface area contributed by atoms with Crippen molar-refractivity contribution in [1.82, 2.24) is 0 Å². The standard InChI is InChI=1S/C28H32O7/c1-30-16-18-33-27-23(14-15-24(32-3)28(27)34-19-17-31-2)20-25(29)35-26(21-10-6-4-7-11-21)22-12-8-5-9-13-22/h4-15,26H,16-20H2,1-3H3. The summed E-state index contributed by atoms with van der Waals surface area (Å²) in [5, 5.41) is 0. The van der Waals surface area contributed by atoms with Gasteiger partial charge in [-0.1, -0.05) is 66.7 Å². The third-order valence-electron chi connectivity index (χ3n) is 5.23. The zero-order valence-corrected chi connectivity index (χ0v) is 20.4. The summed E-state index contributed by atoms with van der Waals surface area (Å²) in [6.45, 7) is 1.35. The van der Waals surface area contributed by atoms with Gasteiger partial charge in [-0.3, -0.25) is 4.79 Å². The number of carbonyl (C=O) groups excluding carboxylic acids is 1. The van der Waals surface area contributed by atoms with E-state index >= 15 is 0 Å². The van der Waals surface area contributed by atoms with E-state index in [-0.39, 0.29) is 13.0 Å². The molecule has 0 aromatic heterocycles. The molecule has 3 rings (SSSR count). The molecule has 186 valence electrons. The van der Waals surface area contributed by atoms with Gasteiger partial charge in [-0.05, 0) is 17.2 Å². The summed E-state index contributed by atoms with van der Waals surface area (Å²) < 4.78 is 33.6.